The first-order chi connectivity index (χ1) is 9.66. The third kappa shape index (κ3) is 4.34. The number of halogens is 2. The zero-order chi connectivity index (χ0) is 14.4. The molecule has 0 atom stereocenters. The van der Waals surface area contributed by atoms with Crippen LogP contribution in [0.3, 0.4) is 0 Å². The SMILES string of the molecule is O=C(C=Cc1c(F)cccc1Cl)NC1CCCCCC1. The predicted octanol–water partition coefficient (Wildman–Crippen LogP) is 4.33. The van der Waals surface area contributed by atoms with Crippen LogP contribution in [0, 0.1) is 5.82 Å². The maximum Gasteiger partial charge on any atom is 0.244 e. The standard InChI is InChI=1S/C16H19ClFNO/c17-14-8-5-9-15(18)13(14)10-11-16(20)19-12-6-3-1-2-4-7-12/h5,8-12H,1-4,6-7H2,(H,19,20). The van der Waals surface area contributed by atoms with E-state index in [-0.39, 0.29) is 17.5 Å². The highest BCUT2D eigenvalue weighted by Gasteiger charge is 2.13. The average Bonchev–Trinajstić information content (AvgIpc) is 2.67. The third-order valence-electron chi connectivity index (χ3n) is 3.60. The first kappa shape index (κ1) is 15.0. The zero-order valence-electron chi connectivity index (χ0n) is 11.4. The van der Waals surface area contributed by atoms with Crippen LogP contribution in [0.1, 0.15) is 44.1 Å². The number of hydrogen-bond acceptors (Lipinski definition) is 1. The summed E-state index contributed by atoms with van der Waals surface area (Å²) in [5.41, 5.74) is 0.255. The summed E-state index contributed by atoms with van der Waals surface area (Å²) in [6.45, 7) is 0. The third-order valence-corrected chi connectivity index (χ3v) is 3.93. The Bertz CT molecular complexity index is 473. The molecule has 1 saturated carbocycles. The van der Waals surface area contributed by atoms with E-state index >= 15 is 0 Å². The second kappa shape index (κ2) is 7.44. The Kier molecular flexibility index (Phi) is 5.60. The van der Waals surface area contributed by atoms with Gasteiger partial charge in [0.05, 0.1) is 5.02 Å². The van der Waals surface area contributed by atoms with Crippen molar-refractivity contribution in [2.24, 2.45) is 0 Å². The van der Waals surface area contributed by atoms with Crippen molar-refractivity contribution in [1.82, 2.24) is 5.32 Å². The minimum atomic E-state index is -0.420. The van der Waals surface area contributed by atoms with Crippen LogP contribution in [0.2, 0.25) is 5.02 Å². The van der Waals surface area contributed by atoms with Crippen LogP contribution in [-0.4, -0.2) is 11.9 Å². The van der Waals surface area contributed by atoms with Crippen molar-refractivity contribution in [3.8, 4) is 0 Å². The van der Waals surface area contributed by atoms with Crippen LogP contribution < -0.4 is 5.32 Å². The van der Waals surface area contributed by atoms with E-state index in [0.717, 1.165) is 25.7 Å². The lowest BCUT2D eigenvalue weighted by Crippen LogP contribution is -2.33. The van der Waals surface area contributed by atoms with E-state index in [2.05, 4.69) is 5.32 Å². The Morgan fingerprint density at radius 3 is 2.60 bits per heavy atom. The summed E-state index contributed by atoms with van der Waals surface area (Å²) < 4.78 is 13.5. The number of benzene rings is 1. The zero-order valence-corrected chi connectivity index (χ0v) is 12.1. The van der Waals surface area contributed by atoms with Gasteiger partial charge in [-0.2, -0.15) is 0 Å². The summed E-state index contributed by atoms with van der Waals surface area (Å²) >= 11 is 5.90. The van der Waals surface area contributed by atoms with Gasteiger partial charge in [0.1, 0.15) is 5.82 Å². The van der Waals surface area contributed by atoms with Gasteiger partial charge in [0.2, 0.25) is 5.91 Å². The van der Waals surface area contributed by atoms with E-state index in [9.17, 15) is 9.18 Å². The summed E-state index contributed by atoms with van der Waals surface area (Å²) in [6.07, 6.45) is 9.65. The molecular weight excluding hydrogens is 277 g/mol. The number of nitrogens with one attached hydrogen (secondary N) is 1. The molecule has 0 aliphatic heterocycles. The predicted molar refractivity (Wildman–Crippen MR) is 80.1 cm³/mol. The van der Waals surface area contributed by atoms with Gasteiger partial charge in [-0.3, -0.25) is 4.79 Å². The first-order valence-electron chi connectivity index (χ1n) is 7.09. The normalized spacial score (nSPS) is 17.1. The van der Waals surface area contributed by atoms with Gasteiger partial charge >= 0.3 is 0 Å². The van der Waals surface area contributed by atoms with E-state index in [0.29, 0.717) is 5.02 Å². The number of hydrogen-bond donors (Lipinski definition) is 1. The van der Waals surface area contributed by atoms with Crippen LogP contribution in [0.4, 0.5) is 4.39 Å². The van der Waals surface area contributed by atoms with Gasteiger partial charge in [-0.1, -0.05) is 43.4 Å². The Hall–Kier alpha value is -1.35. The highest BCUT2D eigenvalue weighted by atomic mass is 35.5. The molecule has 1 N–H and O–H groups in total. The molecule has 1 amide bonds. The van der Waals surface area contributed by atoms with Crippen molar-refractivity contribution >= 4 is 23.6 Å². The molecule has 1 aromatic carbocycles. The average molecular weight is 296 g/mol. The molecule has 0 unspecified atom stereocenters. The first-order valence-corrected chi connectivity index (χ1v) is 7.47. The maximum atomic E-state index is 13.5. The Balaban J connectivity index is 1.95. The Morgan fingerprint density at radius 1 is 1.25 bits per heavy atom. The lowest BCUT2D eigenvalue weighted by atomic mass is 10.1. The molecule has 0 aromatic heterocycles. The summed E-state index contributed by atoms with van der Waals surface area (Å²) in [6, 6.07) is 4.72. The van der Waals surface area contributed by atoms with E-state index in [1.807, 2.05) is 0 Å². The van der Waals surface area contributed by atoms with Gasteiger partial charge in [0, 0.05) is 17.7 Å². The molecule has 1 aliphatic rings. The van der Waals surface area contributed by atoms with Gasteiger partial charge in [0.15, 0.2) is 0 Å². The fourth-order valence-corrected chi connectivity index (χ4v) is 2.73. The van der Waals surface area contributed by atoms with E-state index in [1.54, 1.807) is 12.1 Å². The molecule has 108 valence electrons. The summed E-state index contributed by atoms with van der Waals surface area (Å²) in [5, 5.41) is 3.29. The fraction of sp³-hybridized carbons (Fsp3) is 0.438. The molecule has 20 heavy (non-hydrogen) atoms. The number of amides is 1. The van der Waals surface area contributed by atoms with Gasteiger partial charge in [-0.05, 0) is 31.1 Å². The smallest absolute Gasteiger partial charge is 0.244 e. The van der Waals surface area contributed by atoms with Gasteiger partial charge in [-0.25, -0.2) is 4.39 Å². The molecule has 0 radical (unpaired) electrons. The Morgan fingerprint density at radius 2 is 1.95 bits per heavy atom. The van der Waals surface area contributed by atoms with Crippen molar-refractivity contribution in [2.45, 2.75) is 44.6 Å². The fourth-order valence-electron chi connectivity index (χ4n) is 2.50. The Labute approximate surface area is 124 Å². The largest absolute Gasteiger partial charge is 0.350 e. The molecule has 1 aliphatic carbocycles. The van der Waals surface area contributed by atoms with Gasteiger partial charge in [-0.15, -0.1) is 0 Å². The van der Waals surface area contributed by atoms with Crippen molar-refractivity contribution < 1.29 is 9.18 Å². The highest BCUT2D eigenvalue weighted by Crippen LogP contribution is 2.20. The lowest BCUT2D eigenvalue weighted by Gasteiger charge is -2.14. The van der Waals surface area contributed by atoms with Crippen LogP contribution in [-0.2, 0) is 4.79 Å². The van der Waals surface area contributed by atoms with Crippen LogP contribution in [0.5, 0.6) is 0 Å². The van der Waals surface area contributed by atoms with E-state index in [1.165, 1.54) is 31.1 Å². The van der Waals surface area contributed by atoms with E-state index < -0.39 is 5.82 Å². The van der Waals surface area contributed by atoms with Crippen molar-refractivity contribution in [1.29, 1.82) is 0 Å². The minimum absolute atomic E-state index is 0.184. The van der Waals surface area contributed by atoms with Crippen LogP contribution in [0.15, 0.2) is 24.3 Å². The highest BCUT2D eigenvalue weighted by molar-refractivity contribution is 6.32. The molecular formula is C16H19ClFNO. The number of carbonyl (C=O) groups excluding carboxylic acids is 1. The maximum absolute atomic E-state index is 13.5. The van der Waals surface area contributed by atoms with Gasteiger partial charge in [0.25, 0.3) is 0 Å². The van der Waals surface area contributed by atoms with Crippen LogP contribution >= 0.6 is 11.6 Å². The van der Waals surface area contributed by atoms with Crippen molar-refractivity contribution in [3.05, 3.63) is 40.7 Å². The molecule has 0 heterocycles. The molecule has 1 aromatic rings. The summed E-state index contributed by atoms with van der Waals surface area (Å²) in [7, 11) is 0. The second-order valence-corrected chi connectivity index (χ2v) is 5.57. The molecule has 1 fully saturated rings. The van der Waals surface area contributed by atoms with Crippen molar-refractivity contribution in [3.63, 3.8) is 0 Å². The molecule has 0 spiro atoms. The molecule has 2 nitrogen and oxygen atoms in total. The minimum Gasteiger partial charge on any atom is -0.350 e. The van der Waals surface area contributed by atoms with Crippen molar-refractivity contribution in [2.75, 3.05) is 0 Å². The molecule has 0 bridgehead atoms. The van der Waals surface area contributed by atoms with Crippen LogP contribution in [0.25, 0.3) is 6.08 Å². The monoisotopic (exact) mass is 295 g/mol. The second-order valence-electron chi connectivity index (χ2n) is 5.17. The van der Waals surface area contributed by atoms with Gasteiger partial charge < -0.3 is 5.32 Å². The quantitative estimate of drug-likeness (QED) is 0.652. The molecule has 0 saturated heterocycles. The molecule has 2 rings (SSSR count). The lowest BCUT2D eigenvalue weighted by molar-refractivity contribution is -0.117. The van der Waals surface area contributed by atoms with E-state index in [4.69, 9.17) is 11.6 Å². The molecule has 4 heteroatoms. The topological polar surface area (TPSA) is 29.1 Å². The number of carbonyl (C=O) groups is 1. The summed E-state index contributed by atoms with van der Waals surface area (Å²) in [5.74, 6) is -0.604. The summed E-state index contributed by atoms with van der Waals surface area (Å²) in [4.78, 5) is 11.9. The number of rotatable bonds is 3.